The largest absolute Gasteiger partial charge is 0.481 e. The van der Waals surface area contributed by atoms with Crippen molar-refractivity contribution in [2.75, 3.05) is 7.11 Å². The van der Waals surface area contributed by atoms with Gasteiger partial charge in [-0.05, 0) is 32.9 Å². The molecule has 0 fully saturated rings. The maximum atomic E-state index is 12.5. The van der Waals surface area contributed by atoms with Crippen LogP contribution in [-0.2, 0) is 0 Å². The van der Waals surface area contributed by atoms with Gasteiger partial charge in [-0.2, -0.15) is 5.10 Å². The van der Waals surface area contributed by atoms with Gasteiger partial charge < -0.3 is 10.1 Å². The van der Waals surface area contributed by atoms with Crippen LogP contribution in [0.4, 0.5) is 0 Å². The minimum atomic E-state index is -0.366. The number of rotatable bonds is 4. The Bertz CT molecular complexity index is 898. The third-order valence-electron chi connectivity index (χ3n) is 3.43. The molecule has 3 rings (SSSR count). The Labute approximate surface area is 151 Å². The first-order chi connectivity index (χ1) is 12.4. The molecule has 0 aliphatic carbocycles. The van der Waals surface area contributed by atoms with E-state index >= 15 is 0 Å². The second kappa shape index (κ2) is 6.91. The Hall–Kier alpha value is -3.29. The summed E-state index contributed by atoms with van der Waals surface area (Å²) < 4.78 is 6.71. The molecule has 0 radical (unpaired) electrons. The number of hydrogen-bond acceptors (Lipinski definition) is 6. The zero-order valence-corrected chi connectivity index (χ0v) is 15.1. The maximum absolute atomic E-state index is 12.5. The molecule has 0 aliphatic heterocycles. The van der Waals surface area contributed by atoms with Gasteiger partial charge in [-0.3, -0.25) is 14.8 Å². The van der Waals surface area contributed by atoms with Crippen LogP contribution in [0.25, 0.3) is 17.1 Å². The van der Waals surface area contributed by atoms with Gasteiger partial charge in [0.05, 0.1) is 30.9 Å². The van der Waals surface area contributed by atoms with Crippen molar-refractivity contribution in [2.24, 2.45) is 0 Å². The predicted octanol–water partition coefficient (Wildman–Crippen LogP) is 2.26. The SMILES string of the molecule is COc1ccc(-n2nc(C(=O)NC(C)(C)C)cc2-c2cnccn2)cn1. The van der Waals surface area contributed by atoms with Crippen LogP contribution in [0.3, 0.4) is 0 Å². The van der Waals surface area contributed by atoms with E-state index in [4.69, 9.17) is 4.74 Å². The molecule has 0 unspecified atom stereocenters. The molecule has 3 aromatic rings. The normalized spacial score (nSPS) is 11.2. The summed E-state index contributed by atoms with van der Waals surface area (Å²) in [6, 6.07) is 5.23. The zero-order valence-electron chi connectivity index (χ0n) is 15.1. The first kappa shape index (κ1) is 17.5. The lowest BCUT2D eigenvalue weighted by atomic mass is 10.1. The van der Waals surface area contributed by atoms with Crippen molar-refractivity contribution in [1.29, 1.82) is 0 Å². The molecule has 0 aromatic carbocycles. The van der Waals surface area contributed by atoms with Crippen molar-refractivity contribution in [3.8, 4) is 23.0 Å². The van der Waals surface area contributed by atoms with E-state index in [1.54, 1.807) is 48.7 Å². The molecule has 1 N–H and O–H groups in total. The number of hydrogen-bond donors (Lipinski definition) is 1. The van der Waals surface area contributed by atoms with Gasteiger partial charge in [-0.15, -0.1) is 0 Å². The fourth-order valence-corrected chi connectivity index (χ4v) is 2.33. The predicted molar refractivity (Wildman–Crippen MR) is 96.2 cm³/mol. The van der Waals surface area contributed by atoms with E-state index in [-0.39, 0.29) is 17.1 Å². The molecule has 0 aliphatic rings. The number of aromatic nitrogens is 5. The van der Waals surface area contributed by atoms with E-state index in [1.807, 2.05) is 26.8 Å². The average molecular weight is 352 g/mol. The van der Waals surface area contributed by atoms with Gasteiger partial charge in [0.15, 0.2) is 5.69 Å². The Kier molecular flexibility index (Phi) is 4.66. The minimum Gasteiger partial charge on any atom is -0.481 e. The van der Waals surface area contributed by atoms with Crippen molar-refractivity contribution in [2.45, 2.75) is 26.3 Å². The number of nitrogens with zero attached hydrogens (tertiary/aromatic N) is 5. The number of nitrogens with one attached hydrogen (secondary N) is 1. The van der Waals surface area contributed by atoms with Crippen LogP contribution in [-0.4, -0.2) is 43.3 Å². The van der Waals surface area contributed by atoms with Gasteiger partial charge in [-0.1, -0.05) is 0 Å². The number of carbonyl (C=O) groups excluding carboxylic acids is 1. The molecule has 0 saturated carbocycles. The van der Waals surface area contributed by atoms with Crippen LogP contribution >= 0.6 is 0 Å². The van der Waals surface area contributed by atoms with Crippen molar-refractivity contribution in [3.63, 3.8) is 0 Å². The Morgan fingerprint density at radius 2 is 1.96 bits per heavy atom. The highest BCUT2D eigenvalue weighted by Gasteiger charge is 2.21. The minimum absolute atomic E-state index is 0.261. The molecule has 26 heavy (non-hydrogen) atoms. The average Bonchev–Trinajstić information content (AvgIpc) is 3.07. The molecule has 3 aromatic heterocycles. The zero-order chi connectivity index (χ0) is 18.7. The van der Waals surface area contributed by atoms with Gasteiger partial charge in [0, 0.05) is 24.0 Å². The first-order valence-electron chi connectivity index (χ1n) is 8.07. The standard InChI is InChI=1S/C18H20N6O2/c1-18(2,3)22-17(25)13-9-15(14-11-19-7-8-20-14)24(23-13)12-5-6-16(26-4)21-10-12/h5-11H,1-4H3,(H,22,25). The lowest BCUT2D eigenvalue weighted by molar-refractivity contribution is 0.0914. The monoisotopic (exact) mass is 352 g/mol. The van der Waals surface area contributed by atoms with Gasteiger partial charge in [0.2, 0.25) is 5.88 Å². The van der Waals surface area contributed by atoms with E-state index in [2.05, 4.69) is 25.4 Å². The Morgan fingerprint density at radius 3 is 2.54 bits per heavy atom. The second-order valence-electron chi connectivity index (χ2n) is 6.68. The fourth-order valence-electron chi connectivity index (χ4n) is 2.33. The second-order valence-corrected chi connectivity index (χ2v) is 6.68. The summed E-state index contributed by atoms with van der Waals surface area (Å²) in [5, 5.41) is 7.36. The molecular formula is C18H20N6O2. The van der Waals surface area contributed by atoms with Crippen molar-refractivity contribution in [3.05, 3.63) is 48.7 Å². The summed E-state index contributed by atoms with van der Waals surface area (Å²) in [5.41, 5.74) is 1.85. The number of carbonyl (C=O) groups is 1. The number of methoxy groups -OCH3 is 1. The quantitative estimate of drug-likeness (QED) is 0.774. The summed E-state index contributed by atoms with van der Waals surface area (Å²) in [6.45, 7) is 5.75. The molecule has 1 amide bonds. The molecule has 0 bridgehead atoms. The molecule has 0 atom stereocenters. The molecule has 8 heteroatoms. The third kappa shape index (κ3) is 3.85. The number of pyridine rings is 1. The first-order valence-corrected chi connectivity index (χ1v) is 8.07. The lowest BCUT2D eigenvalue weighted by Crippen LogP contribution is -2.40. The van der Waals surface area contributed by atoms with Crippen LogP contribution in [0.2, 0.25) is 0 Å². The summed E-state index contributed by atoms with van der Waals surface area (Å²) >= 11 is 0. The Balaban J connectivity index is 2.07. The molecule has 3 heterocycles. The molecule has 0 saturated heterocycles. The van der Waals surface area contributed by atoms with Crippen LogP contribution in [0.15, 0.2) is 43.0 Å². The van der Waals surface area contributed by atoms with Crippen molar-refractivity contribution in [1.82, 2.24) is 30.0 Å². The Morgan fingerprint density at radius 1 is 1.15 bits per heavy atom. The third-order valence-corrected chi connectivity index (χ3v) is 3.43. The maximum Gasteiger partial charge on any atom is 0.272 e. The van der Waals surface area contributed by atoms with Crippen LogP contribution in [0.1, 0.15) is 31.3 Å². The van der Waals surface area contributed by atoms with Crippen LogP contribution in [0, 0.1) is 0 Å². The van der Waals surface area contributed by atoms with E-state index in [0.29, 0.717) is 23.0 Å². The van der Waals surface area contributed by atoms with E-state index < -0.39 is 0 Å². The lowest BCUT2D eigenvalue weighted by Gasteiger charge is -2.19. The summed E-state index contributed by atoms with van der Waals surface area (Å²) in [6.07, 6.45) is 6.42. The number of ether oxygens (including phenoxy) is 1. The van der Waals surface area contributed by atoms with Crippen molar-refractivity contribution >= 4 is 5.91 Å². The highest BCUT2D eigenvalue weighted by molar-refractivity contribution is 5.93. The molecule has 0 spiro atoms. The van der Waals surface area contributed by atoms with E-state index in [0.717, 1.165) is 0 Å². The van der Waals surface area contributed by atoms with Gasteiger partial charge in [0.25, 0.3) is 5.91 Å². The van der Waals surface area contributed by atoms with Crippen molar-refractivity contribution < 1.29 is 9.53 Å². The fraction of sp³-hybridized carbons (Fsp3) is 0.278. The van der Waals surface area contributed by atoms with Crippen LogP contribution < -0.4 is 10.1 Å². The van der Waals surface area contributed by atoms with Crippen LogP contribution in [0.5, 0.6) is 5.88 Å². The number of amides is 1. The van der Waals surface area contributed by atoms with Gasteiger partial charge in [0.1, 0.15) is 5.69 Å². The van der Waals surface area contributed by atoms with E-state index in [1.165, 1.54) is 0 Å². The van der Waals surface area contributed by atoms with Gasteiger partial charge in [-0.25, -0.2) is 9.67 Å². The highest BCUT2D eigenvalue weighted by atomic mass is 16.5. The summed E-state index contributed by atoms with van der Waals surface area (Å²) in [7, 11) is 1.55. The smallest absolute Gasteiger partial charge is 0.272 e. The van der Waals surface area contributed by atoms with E-state index in [9.17, 15) is 4.79 Å². The highest BCUT2D eigenvalue weighted by Crippen LogP contribution is 2.22. The summed E-state index contributed by atoms with van der Waals surface area (Å²) in [5.74, 6) is 0.232. The molecule has 134 valence electrons. The summed E-state index contributed by atoms with van der Waals surface area (Å²) in [4.78, 5) is 25.1. The molecular weight excluding hydrogens is 332 g/mol. The topological polar surface area (TPSA) is 94.8 Å². The van der Waals surface area contributed by atoms with Gasteiger partial charge >= 0.3 is 0 Å². The molecule has 8 nitrogen and oxygen atoms in total.